The van der Waals surface area contributed by atoms with E-state index >= 15 is 0 Å². The van der Waals surface area contributed by atoms with Crippen molar-refractivity contribution in [3.8, 4) is 0 Å². The lowest BCUT2D eigenvalue weighted by molar-refractivity contribution is -0.158. The van der Waals surface area contributed by atoms with Crippen molar-refractivity contribution in [2.75, 3.05) is 13.1 Å². The number of nitrogens with zero attached hydrogens (tertiary/aromatic N) is 1. The molecule has 4 heteroatoms. The Kier molecular flexibility index (Phi) is 7.56. The Morgan fingerprint density at radius 1 is 0.964 bits per heavy atom. The zero-order chi connectivity index (χ0) is 20.6. The number of carboxylic acids is 1. The van der Waals surface area contributed by atoms with Gasteiger partial charge in [0.05, 0.1) is 0 Å². The third-order valence-electron chi connectivity index (χ3n) is 4.82. The van der Waals surface area contributed by atoms with Crippen LogP contribution in [0.3, 0.4) is 0 Å². The van der Waals surface area contributed by atoms with E-state index in [4.69, 9.17) is 0 Å². The second-order valence-electron chi connectivity index (χ2n) is 7.38. The van der Waals surface area contributed by atoms with Crippen molar-refractivity contribution in [1.29, 1.82) is 0 Å². The van der Waals surface area contributed by atoms with Crippen LogP contribution in [0.5, 0.6) is 0 Å². The number of unbranched alkanes of at least 4 members (excludes halogenated alkanes) is 1. The molecule has 0 spiro atoms. The maximum atomic E-state index is 12.9. The molecule has 28 heavy (non-hydrogen) atoms. The summed E-state index contributed by atoms with van der Waals surface area (Å²) in [6.45, 7) is 5.90. The summed E-state index contributed by atoms with van der Waals surface area (Å²) in [6, 6.07) is 20.0. The van der Waals surface area contributed by atoms with Gasteiger partial charge in [-0.2, -0.15) is 0 Å². The normalized spacial score (nSPS) is 11.0. The maximum Gasteiger partial charge on any atom is 0.318 e. The SMILES string of the molecule is CCCCN(CC=C(c1ccccc1)c1ccccc1)C(=O)C(C)(C)C(=O)O. The molecule has 0 aromatic heterocycles. The summed E-state index contributed by atoms with van der Waals surface area (Å²) in [5.41, 5.74) is 1.72. The topological polar surface area (TPSA) is 57.6 Å². The monoisotopic (exact) mass is 379 g/mol. The summed E-state index contributed by atoms with van der Waals surface area (Å²) in [6.07, 6.45) is 3.79. The van der Waals surface area contributed by atoms with E-state index < -0.39 is 11.4 Å². The standard InChI is InChI=1S/C24H29NO3/c1-4-5-17-25(22(26)24(2,3)23(27)28)18-16-21(19-12-8-6-9-13-19)20-14-10-7-11-15-20/h6-16H,4-5,17-18H2,1-3H3,(H,27,28). The van der Waals surface area contributed by atoms with E-state index in [0.29, 0.717) is 13.1 Å². The molecule has 0 radical (unpaired) electrons. The Bertz CT molecular complexity index is 769. The highest BCUT2D eigenvalue weighted by atomic mass is 16.4. The third-order valence-corrected chi connectivity index (χ3v) is 4.82. The van der Waals surface area contributed by atoms with Gasteiger partial charge in [-0.15, -0.1) is 0 Å². The van der Waals surface area contributed by atoms with E-state index in [1.807, 2.05) is 66.7 Å². The van der Waals surface area contributed by atoms with E-state index in [1.165, 1.54) is 13.8 Å². The fourth-order valence-corrected chi connectivity index (χ4v) is 2.95. The van der Waals surface area contributed by atoms with Crippen molar-refractivity contribution >= 4 is 17.4 Å². The Labute approximate surface area is 167 Å². The van der Waals surface area contributed by atoms with Crippen LogP contribution >= 0.6 is 0 Å². The number of aliphatic carboxylic acids is 1. The minimum atomic E-state index is -1.44. The van der Waals surface area contributed by atoms with Gasteiger partial charge < -0.3 is 10.0 Å². The van der Waals surface area contributed by atoms with Crippen LogP contribution in [0.25, 0.3) is 5.57 Å². The number of carbonyl (C=O) groups is 2. The number of amides is 1. The lowest BCUT2D eigenvalue weighted by atomic mass is 9.91. The highest BCUT2D eigenvalue weighted by Crippen LogP contribution is 2.24. The molecule has 0 aliphatic heterocycles. The second kappa shape index (κ2) is 9.88. The highest BCUT2D eigenvalue weighted by Gasteiger charge is 2.38. The van der Waals surface area contributed by atoms with Crippen molar-refractivity contribution in [1.82, 2.24) is 4.90 Å². The van der Waals surface area contributed by atoms with Crippen LogP contribution in [0.15, 0.2) is 66.7 Å². The molecular weight excluding hydrogens is 350 g/mol. The van der Waals surface area contributed by atoms with Gasteiger partial charge >= 0.3 is 5.97 Å². The Morgan fingerprint density at radius 2 is 1.46 bits per heavy atom. The summed E-state index contributed by atoms with van der Waals surface area (Å²) < 4.78 is 0. The number of rotatable bonds is 9. The molecular formula is C24H29NO3. The largest absolute Gasteiger partial charge is 0.480 e. The average molecular weight is 380 g/mol. The first kappa shape index (κ1) is 21.4. The Balaban J connectivity index is 2.37. The summed E-state index contributed by atoms with van der Waals surface area (Å²) in [7, 11) is 0. The minimum absolute atomic E-state index is 0.356. The summed E-state index contributed by atoms with van der Waals surface area (Å²) in [4.78, 5) is 26.1. The van der Waals surface area contributed by atoms with Crippen LogP contribution < -0.4 is 0 Å². The minimum Gasteiger partial charge on any atom is -0.480 e. The molecule has 2 aromatic rings. The number of carbonyl (C=O) groups excluding carboxylic acids is 1. The first-order valence-corrected chi connectivity index (χ1v) is 9.71. The molecule has 0 saturated carbocycles. The summed E-state index contributed by atoms with van der Waals surface area (Å²) >= 11 is 0. The molecule has 0 saturated heterocycles. The smallest absolute Gasteiger partial charge is 0.318 e. The van der Waals surface area contributed by atoms with Crippen molar-refractivity contribution in [2.24, 2.45) is 5.41 Å². The van der Waals surface area contributed by atoms with Gasteiger partial charge in [0.1, 0.15) is 5.41 Å². The van der Waals surface area contributed by atoms with E-state index in [1.54, 1.807) is 4.90 Å². The van der Waals surface area contributed by atoms with Gasteiger partial charge in [0.25, 0.3) is 0 Å². The molecule has 0 aliphatic rings. The zero-order valence-corrected chi connectivity index (χ0v) is 16.9. The second-order valence-corrected chi connectivity index (χ2v) is 7.38. The lowest BCUT2D eigenvalue weighted by Crippen LogP contribution is -2.45. The zero-order valence-electron chi connectivity index (χ0n) is 16.9. The fraction of sp³-hybridized carbons (Fsp3) is 0.333. The van der Waals surface area contributed by atoms with Gasteiger partial charge in [-0.1, -0.05) is 80.1 Å². The Morgan fingerprint density at radius 3 is 1.89 bits per heavy atom. The molecule has 148 valence electrons. The first-order chi connectivity index (χ1) is 13.4. The van der Waals surface area contributed by atoms with Crippen molar-refractivity contribution in [2.45, 2.75) is 33.6 Å². The molecule has 1 amide bonds. The van der Waals surface area contributed by atoms with Crippen LogP contribution in [0, 0.1) is 5.41 Å². The van der Waals surface area contributed by atoms with Crippen LogP contribution in [-0.4, -0.2) is 35.0 Å². The van der Waals surface area contributed by atoms with Gasteiger partial charge in [0, 0.05) is 13.1 Å². The number of carboxylic acid groups (broad SMARTS) is 1. The molecule has 2 rings (SSSR count). The van der Waals surface area contributed by atoms with Crippen molar-refractivity contribution < 1.29 is 14.7 Å². The molecule has 4 nitrogen and oxygen atoms in total. The Hall–Kier alpha value is -2.88. The number of benzene rings is 2. The van der Waals surface area contributed by atoms with Crippen molar-refractivity contribution in [3.63, 3.8) is 0 Å². The fourth-order valence-electron chi connectivity index (χ4n) is 2.95. The van der Waals surface area contributed by atoms with E-state index in [0.717, 1.165) is 29.5 Å². The maximum absolute atomic E-state index is 12.9. The summed E-state index contributed by atoms with van der Waals surface area (Å²) in [5, 5.41) is 9.46. The van der Waals surface area contributed by atoms with Crippen LogP contribution in [-0.2, 0) is 9.59 Å². The van der Waals surface area contributed by atoms with Crippen LogP contribution in [0.1, 0.15) is 44.7 Å². The molecule has 0 heterocycles. The molecule has 0 bridgehead atoms. The molecule has 0 aliphatic carbocycles. The third kappa shape index (κ3) is 5.32. The highest BCUT2D eigenvalue weighted by molar-refractivity contribution is 6.01. The van der Waals surface area contributed by atoms with E-state index in [2.05, 4.69) is 6.92 Å². The van der Waals surface area contributed by atoms with Crippen LogP contribution in [0.4, 0.5) is 0 Å². The number of hydrogen-bond acceptors (Lipinski definition) is 2. The molecule has 1 N–H and O–H groups in total. The average Bonchev–Trinajstić information content (AvgIpc) is 2.71. The number of hydrogen-bond donors (Lipinski definition) is 1. The molecule has 2 aromatic carbocycles. The lowest BCUT2D eigenvalue weighted by Gasteiger charge is -2.29. The van der Waals surface area contributed by atoms with Crippen molar-refractivity contribution in [3.05, 3.63) is 77.9 Å². The van der Waals surface area contributed by atoms with E-state index in [-0.39, 0.29) is 5.91 Å². The van der Waals surface area contributed by atoms with Gasteiger partial charge in [-0.05, 0) is 37.0 Å². The van der Waals surface area contributed by atoms with Gasteiger partial charge in [-0.25, -0.2) is 0 Å². The molecule has 0 atom stereocenters. The molecule has 0 fully saturated rings. The molecule has 0 unspecified atom stereocenters. The quantitative estimate of drug-likeness (QED) is 0.633. The van der Waals surface area contributed by atoms with Crippen LogP contribution in [0.2, 0.25) is 0 Å². The predicted octanol–water partition coefficient (Wildman–Crippen LogP) is 4.86. The van der Waals surface area contributed by atoms with Gasteiger partial charge in [0.2, 0.25) is 5.91 Å². The van der Waals surface area contributed by atoms with Gasteiger partial charge in [0.15, 0.2) is 0 Å². The van der Waals surface area contributed by atoms with Gasteiger partial charge in [-0.3, -0.25) is 9.59 Å². The summed E-state index contributed by atoms with van der Waals surface area (Å²) in [5.74, 6) is -1.46. The van der Waals surface area contributed by atoms with E-state index in [9.17, 15) is 14.7 Å². The first-order valence-electron chi connectivity index (χ1n) is 9.71. The predicted molar refractivity (Wildman–Crippen MR) is 113 cm³/mol.